The number of rotatable bonds is 10. The summed E-state index contributed by atoms with van der Waals surface area (Å²) >= 11 is 0. The lowest BCUT2D eigenvalue weighted by Crippen LogP contribution is -2.44. The van der Waals surface area contributed by atoms with Crippen LogP contribution in [0.1, 0.15) is 27.2 Å². The Morgan fingerprint density at radius 1 is 0.926 bits per heavy atom. The molecule has 0 saturated carbocycles. The van der Waals surface area contributed by atoms with Crippen molar-refractivity contribution in [3.8, 4) is 0 Å². The summed E-state index contributed by atoms with van der Waals surface area (Å²) in [6, 6.07) is 0. The molecule has 27 heavy (non-hydrogen) atoms. The van der Waals surface area contributed by atoms with E-state index in [0.717, 1.165) is 6.26 Å². The van der Waals surface area contributed by atoms with Crippen LogP contribution in [-0.2, 0) is 33.0 Å². The van der Waals surface area contributed by atoms with E-state index in [0.29, 0.717) is 6.26 Å². The first-order chi connectivity index (χ1) is 11.6. The van der Waals surface area contributed by atoms with Crippen molar-refractivity contribution >= 4 is 28.6 Å². The first-order valence-corrected chi connectivity index (χ1v) is 14.6. The lowest BCUT2D eigenvalue weighted by atomic mass is 10.0. The molecule has 164 valence electrons. The molecule has 0 aromatic carbocycles. The van der Waals surface area contributed by atoms with Crippen molar-refractivity contribution in [1.29, 1.82) is 0 Å². The van der Waals surface area contributed by atoms with Gasteiger partial charge in [-0.3, -0.25) is 8.37 Å². The zero-order valence-corrected chi connectivity index (χ0v) is 19.2. The van der Waals surface area contributed by atoms with E-state index in [-0.39, 0.29) is 11.6 Å². The highest BCUT2D eigenvalue weighted by Gasteiger charge is 2.43. The third-order valence-corrected chi connectivity index (χ3v) is 9.93. The van der Waals surface area contributed by atoms with Gasteiger partial charge in [-0.05, 0) is 24.6 Å². The molecule has 0 saturated heterocycles. The van der Waals surface area contributed by atoms with Gasteiger partial charge in [0.2, 0.25) is 0 Å². The fraction of sp³-hybridized carbons (Fsp3) is 1.00. The van der Waals surface area contributed by atoms with Crippen LogP contribution in [0.25, 0.3) is 0 Å². The second-order valence-corrected chi connectivity index (χ2v) is 16.0. The van der Waals surface area contributed by atoms with E-state index in [1.807, 2.05) is 33.9 Å². The van der Waals surface area contributed by atoms with Crippen molar-refractivity contribution in [2.75, 3.05) is 25.7 Å². The van der Waals surface area contributed by atoms with Gasteiger partial charge in [-0.25, -0.2) is 0 Å². The van der Waals surface area contributed by atoms with E-state index in [1.165, 1.54) is 0 Å². The van der Waals surface area contributed by atoms with E-state index >= 15 is 0 Å². The van der Waals surface area contributed by atoms with Crippen molar-refractivity contribution in [1.82, 2.24) is 0 Å². The van der Waals surface area contributed by atoms with E-state index in [2.05, 4.69) is 4.18 Å². The lowest BCUT2D eigenvalue weighted by molar-refractivity contribution is -0.188. The molecule has 0 unspecified atom stereocenters. The minimum absolute atomic E-state index is 0.245. The molecule has 0 aromatic rings. The van der Waals surface area contributed by atoms with Crippen molar-refractivity contribution < 1.29 is 42.8 Å². The summed E-state index contributed by atoms with van der Waals surface area (Å²) in [5, 5.41) is -0.245. The monoisotopic (exact) mass is 458 g/mol. The Morgan fingerprint density at radius 3 is 1.74 bits per heavy atom. The fourth-order valence-corrected chi connectivity index (χ4v) is 3.79. The lowest BCUT2D eigenvalue weighted by Gasteiger charge is -2.37. The Morgan fingerprint density at radius 2 is 1.41 bits per heavy atom. The van der Waals surface area contributed by atoms with Gasteiger partial charge in [0.15, 0.2) is 8.32 Å². The zero-order valence-electron chi connectivity index (χ0n) is 16.6. The second kappa shape index (κ2) is 9.07. The molecule has 2 atom stereocenters. The molecule has 0 amide bonds. The zero-order chi connectivity index (χ0) is 21.9. The molecular weight excluding hydrogens is 429 g/mol. The summed E-state index contributed by atoms with van der Waals surface area (Å²) in [5.74, 6) is -2.23. The van der Waals surface area contributed by atoms with Crippen LogP contribution in [0.5, 0.6) is 0 Å². The SMILES string of the molecule is CC(C)(C)[Si](C)(C)OC[C@H](C[C@H](COS(C)(=O)=O)C(F)(F)F)OS(C)(=O)=O. The summed E-state index contributed by atoms with van der Waals surface area (Å²) < 4.78 is 99.4. The first-order valence-electron chi connectivity index (χ1n) is 8.07. The largest absolute Gasteiger partial charge is 0.414 e. The second-order valence-electron chi connectivity index (χ2n) is 7.96. The number of hydrogen-bond acceptors (Lipinski definition) is 7. The molecule has 0 aliphatic heterocycles. The number of alkyl halides is 3. The van der Waals surface area contributed by atoms with Gasteiger partial charge in [0.05, 0.1) is 37.7 Å². The molecule has 7 nitrogen and oxygen atoms in total. The molecule has 0 bridgehead atoms. The maximum absolute atomic E-state index is 13.2. The van der Waals surface area contributed by atoms with E-state index < -0.39 is 59.8 Å². The van der Waals surface area contributed by atoms with Gasteiger partial charge in [-0.2, -0.15) is 30.0 Å². The molecule has 0 fully saturated rings. The Kier molecular flexibility index (Phi) is 9.00. The highest BCUT2D eigenvalue weighted by atomic mass is 32.2. The van der Waals surface area contributed by atoms with E-state index in [4.69, 9.17) is 8.61 Å². The Hall–Kier alpha value is -0.213. The van der Waals surface area contributed by atoms with Crippen molar-refractivity contribution in [3.63, 3.8) is 0 Å². The quantitative estimate of drug-likeness (QED) is 0.367. The predicted molar refractivity (Wildman–Crippen MR) is 97.8 cm³/mol. The highest BCUT2D eigenvalue weighted by Crippen LogP contribution is 2.37. The molecule has 0 heterocycles. The van der Waals surface area contributed by atoms with Gasteiger partial charge in [0, 0.05) is 0 Å². The summed E-state index contributed by atoms with van der Waals surface area (Å²) in [4.78, 5) is 0. The van der Waals surface area contributed by atoms with Gasteiger partial charge in [-0.1, -0.05) is 20.8 Å². The van der Waals surface area contributed by atoms with Crippen molar-refractivity contribution in [2.45, 2.75) is 57.6 Å². The van der Waals surface area contributed by atoms with Crippen molar-refractivity contribution in [3.05, 3.63) is 0 Å². The molecule has 13 heteroatoms. The van der Waals surface area contributed by atoms with Gasteiger partial charge in [0.1, 0.15) is 0 Å². The molecular formula is C14H29F3O7S2Si. The molecule has 0 N–H and O–H groups in total. The maximum Gasteiger partial charge on any atom is 0.394 e. The van der Waals surface area contributed by atoms with E-state index in [9.17, 15) is 30.0 Å². The summed E-state index contributed by atoms with van der Waals surface area (Å²) in [7, 11) is -10.5. The minimum atomic E-state index is -4.80. The first kappa shape index (κ1) is 26.8. The number of hydrogen-bond donors (Lipinski definition) is 0. The maximum atomic E-state index is 13.2. The minimum Gasteiger partial charge on any atom is -0.414 e. The van der Waals surface area contributed by atoms with Crippen LogP contribution in [0, 0.1) is 5.92 Å². The smallest absolute Gasteiger partial charge is 0.394 e. The van der Waals surface area contributed by atoms with Crippen LogP contribution in [0.15, 0.2) is 0 Å². The molecule has 0 aliphatic rings. The van der Waals surface area contributed by atoms with Gasteiger partial charge in [-0.15, -0.1) is 0 Å². The Balaban J connectivity index is 5.41. The average molecular weight is 459 g/mol. The van der Waals surface area contributed by atoms with Crippen molar-refractivity contribution in [2.24, 2.45) is 5.92 Å². The van der Waals surface area contributed by atoms with Crippen LogP contribution in [-0.4, -0.2) is 63.2 Å². The average Bonchev–Trinajstić information content (AvgIpc) is 2.35. The topological polar surface area (TPSA) is 96.0 Å². The van der Waals surface area contributed by atoms with Crippen LogP contribution >= 0.6 is 0 Å². The fourth-order valence-electron chi connectivity index (χ4n) is 1.72. The highest BCUT2D eigenvalue weighted by molar-refractivity contribution is 7.86. The third-order valence-electron chi connectivity index (χ3n) is 4.24. The summed E-state index contributed by atoms with van der Waals surface area (Å²) in [6.07, 6.45) is -5.70. The molecule has 0 rings (SSSR count). The summed E-state index contributed by atoms with van der Waals surface area (Å²) in [6.45, 7) is 7.95. The Bertz CT molecular complexity index is 682. The number of halogens is 3. The van der Waals surface area contributed by atoms with Gasteiger partial charge in [0.25, 0.3) is 20.2 Å². The third kappa shape index (κ3) is 11.4. The standard InChI is InChI=1S/C14H29F3O7S2Si/c1-13(2,3)27(6,7)23-10-12(24-26(5,20)21)8-11(14(15,16)17)9-22-25(4,18)19/h11-12H,8-10H2,1-7H3/t11-,12+/m1/s1. The van der Waals surface area contributed by atoms with Crippen LogP contribution in [0.3, 0.4) is 0 Å². The summed E-state index contributed by atoms with van der Waals surface area (Å²) in [5.41, 5.74) is 0. The molecule has 0 radical (unpaired) electrons. The van der Waals surface area contributed by atoms with Gasteiger partial charge < -0.3 is 4.43 Å². The predicted octanol–water partition coefficient (Wildman–Crippen LogP) is 2.90. The van der Waals surface area contributed by atoms with Gasteiger partial charge >= 0.3 is 6.18 Å². The Labute approximate surface area is 160 Å². The normalized spacial score (nSPS) is 17.0. The molecule has 0 aliphatic carbocycles. The molecule has 0 aromatic heterocycles. The van der Waals surface area contributed by atoms with Crippen LogP contribution in [0.2, 0.25) is 18.1 Å². The molecule has 0 spiro atoms. The van der Waals surface area contributed by atoms with E-state index in [1.54, 1.807) is 0 Å². The van der Waals surface area contributed by atoms with Crippen LogP contribution in [0.4, 0.5) is 13.2 Å². The van der Waals surface area contributed by atoms with Crippen LogP contribution < -0.4 is 0 Å².